The lowest BCUT2D eigenvalue weighted by atomic mass is 9.91. The van der Waals surface area contributed by atoms with Gasteiger partial charge in [-0.05, 0) is 38.0 Å². The maximum absolute atomic E-state index is 8.72. The molecule has 1 saturated carbocycles. The molecular formula is C11H20O. The van der Waals surface area contributed by atoms with Gasteiger partial charge in [0.25, 0.3) is 0 Å². The Kier molecular flexibility index (Phi) is 4.37. The predicted molar refractivity (Wildman–Crippen MR) is 52.0 cm³/mol. The summed E-state index contributed by atoms with van der Waals surface area (Å²) >= 11 is 0. The summed E-state index contributed by atoms with van der Waals surface area (Å²) in [4.78, 5) is 0. The Labute approximate surface area is 75.5 Å². The minimum Gasteiger partial charge on any atom is -0.396 e. The molecule has 1 rings (SSSR count). The van der Waals surface area contributed by atoms with Crippen molar-refractivity contribution in [2.45, 2.75) is 44.9 Å². The molecule has 1 N–H and O–H groups in total. The van der Waals surface area contributed by atoms with Crippen molar-refractivity contribution in [3.05, 3.63) is 12.2 Å². The van der Waals surface area contributed by atoms with Crippen LogP contribution in [0, 0.1) is 5.92 Å². The Morgan fingerprint density at radius 3 is 2.92 bits per heavy atom. The Morgan fingerprint density at radius 1 is 1.33 bits per heavy atom. The zero-order chi connectivity index (χ0) is 8.81. The van der Waals surface area contributed by atoms with Gasteiger partial charge in [0, 0.05) is 6.61 Å². The van der Waals surface area contributed by atoms with Gasteiger partial charge < -0.3 is 5.11 Å². The Bertz CT molecular complexity index is 140. The molecule has 0 saturated heterocycles. The van der Waals surface area contributed by atoms with Crippen molar-refractivity contribution in [3.8, 4) is 0 Å². The van der Waals surface area contributed by atoms with Crippen LogP contribution in [0.15, 0.2) is 12.2 Å². The van der Waals surface area contributed by atoms with Crippen molar-refractivity contribution in [1.29, 1.82) is 0 Å². The first kappa shape index (κ1) is 9.79. The van der Waals surface area contributed by atoms with Crippen molar-refractivity contribution in [3.63, 3.8) is 0 Å². The standard InChI is InChI=1S/C11H20O/c1-10-6-3-2-4-7-11(10)8-5-9-12/h11-12H,1-9H2. The third-order valence-electron chi connectivity index (χ3n) is 2.84. The van der Waals surface area contributed by atoms with Crippen molar-refractivity contribution in [1.82, 2.24) is 0 Å². The Hall–Kier alpha value is -0.300. The predicted octanol–water partition coefficient (Wildman–Crippen LogP) is 2.90. The molecule has 1 atom stereocenters. The Morgan fingerprint density at radius 2 is 2.17 bits per heavy atom. The van der Waals surface area contributed by atoms with Gasteiger partial charge in [-0.2, -0.15) is 0 Å². The smallest absolute Gasteiger partial charge is 0.0431 e. The van der Waals surface area contributed by atoms with Gasteiger partial charge in [0.2, 0.25) is 0 Å². The fraction of sp³-hybridized carbons (Fsp3) is 0.818. The van der Waals surface area contributed by atoms with Crippen molar-refractivity contribution in [2.24, 2.45) is 5.92 Å². The van der Waals surface area contributed by atoms with E-state index in [0.717, 1.165) is 12.8 Å². The van der Waals surface area contributed by atoms with Gasteiger partial charge in [-0.25, -0.2) is 0 Å². The minimum atomic E-state index is 0.337. The van der Waals surface area contributed by atoms with Crippen LogP contribution >= 0.6 is 0 Å². The van der Waals surface area contributed by atoms with Crippen LogP contribution in [0.1, 0.15) is 44.9 Å². The molecule has 0 aromatic carbocycles. The second kappa shape index (κ2) is 5.36. The Balaban J connectivity index is 2.31. The highest BCUT2D eigenvalue weighted by Gasteiger charge is 2.14. The number of allylic oxidation sites excluding steroid dienone is 1. The average molecular weight is 168 g/mol. The highest BCUT2D eigenvalue weighted by atomic mass is 16.2. The van der Waals surface area contributed by atoms with Gasteiger partial charge in [0.1, 0.15) is 0 Å². The maximum atomic E-state index is 8.72. The number of hydrogen-bond acceptors (Lipinski definition) is 1. The van der Waals surface area contributed by atoms with Gasteiger partial charge in [-0.1, -0.05) is 25.0 Å². The molecule has 1 aliphatic carbocycles. The quantitative estimate of drug-likeness (QED) is 0.507. The van der Waals surface area contributed by atoms with E-state index in [9.17, 15) is 0 Å². The van der Waals surface area contributed by atoms with E-state index in [2.05, 4.69) is 6.58 Å². The topological polar surface area (TPSA) is 20.2 Å². The summed E-state index contributed by atoms with van der Waals surface area (Å²) in [5.41, 5.74) is 1.43. The first-order valence-electron chi connectivity index (χ1n) is 5.13. The normalized spacial score (nSPS) is 25.4. The van der Waals surface area contributed by atoms with Gasteiger partial charge in [-0.3, -0.25) is 0 Å². The fourth-order valence-corrected chi connectivity index (χ4v) is 2.01. The van der Waals surface area contributed by atoms with Crippen molar-refractivity contribution in [2.75, 3.05) is 6.61 Å². The van der Waals surface area contributed by atoms with Crippen molar-refractivity contribution < 1.29 is 5.11 Å². The van der Waals surface area contributed by atoms with E-state index in [4.69, 9.17) is 5.11 Å². The summed E-state index contributed by atoms with van der Waals surface area (Å²) in [7, 11) is 0. The van der Waals surface area contributed by atoms with Crippen LogP contribution in [-0.4, -0.2) is 11.7 Å². The van der Waals surface area contributed by atoms with E-state index in [1.54, 1.807) is 0 Å². The molecular weight excluding hydrogens is 148 g/mol. The highest BCUT2D eigenvalue weighted by Crippen LogP contribution is 2.29. The molecule has 1 nitrogen and oxygen atoms in total. The molecule has 0 radical (unpaired) electrons. The molecule has 1 unspecified atom stereocenters. The summed E-state index contributed by atoms with van der Waals surface area (Å²) in [5, 5.41) is 8.72. The summed E-state index contributed by atoms with van der Waals surface area (Å²) < 4.78 is 0. The van der Waals surface area contributed by atoms with Gasteiger partial charge in [0.05, 0.1) is 0 Å². The van der Waals surface area contributed by atoms with Crippen LogP contribution in [0.5, 0.6) is 0 Å². The third-order valence-corrected chi connectivity index (χ3v) is 2.84. The molecule has 0 aliphatic heterocycles. The molecule has 0 heterocycles. The fourth-order valence-electron chi connectivity index (χ4n) is 2.01. The van der Waals surface area contributed by atoms with E-state index in [0.29, 0.717) is 12.5 Å². The highest BCUT2D eigenvalue weighted by molar-refractivity contribution is 5.01. The molecule has 0 amide bonds. The van der Waals surface area contributed by atoms with E-state index < -0.39 is 0 Å². The lowest BCUT2D eigenvalue weighted by Crippen LogP contribution is -2.02. The monoisotopic (exact) mass is 168 g/mol. The lowest BCUT2D eigenvalue weighted by Gasteiger charge is -2.15. The van der Waals surface area contributed by atoms with Gasteiger partial charge in [-0.15, -0.1) is 0 Å². The van der Waals surface area contributed by atoms with Crippen LogP contribution in [0.4, 0.5) is 0 Å². The van der Waals surface area contributed by atoms with Crippen LogP contribution < -0.4 is 0 Å². The maximum Gasteiger partial charge on any atom is 0.0431 e. The summed E-state index contributed by atoms with van der Waals surface area (Å²) in [6, 6.07) is 0. The van der Waals surface area contributed by atoms with E-state index in [1.165, 1.54) is 37.7 Å². The van der Waals surface area contributed by atoms with Crippen LogP contribution in [0.2, 0.25) is 0 Å². The van der Waals surface area contributed by atoms with Crippen LogP contribution in [0.25, 0.3) is 0 Å². The first-order valence-corrected chi connectivity index (χ1v) is 5.13. The number of aliphatic hydroxyl groups is 1. The van der Waals surface area contributed by atoms with Crippen molar-refractivity contribution >= 4 is 0 Å². The molecule has 70 valence electrons. The summed E-state index contributed by atoms with van der Waals surface area (Å²) in [6.45, 7) is 4.46. The number of aliphatic hydroxyl groups excluding tert-OH is 1. The number of hydrogen-bond donors (Lipinski definition) is 1. The van der Waals surface area contributed by atoms with Crippen LogP contribution in [-0.2, 0) is 0 Å². The SMILES string of the molecule is C=C1CCCCCC1CCCO. The average Bonchev–Trinajstić information content (AvgIpc) is 2.27. The lowest BCUT2D eigenvalue weighted by molar-refractivity contribution is 0.274. The zero-order valence-electron chi connectivity index (χ0n) is 7.89. The van der Waals surface area contributed by atoms with Gasteiger partial charge >= 0.3 is 0 Å². The molecule has 12 heavy (non-hydrogen) atoms. The number of rotatable bonds is 3. The van der Waals surface area contributed by atoms with E-state index in [-0.39, 0.29) is 0 Å². The molecule has 0 aromatic heterocycles. The molecule has 1 heteroatoms. The molecule has 0 aromatic rings. The van der Waals surface area contributed by atoms with Crippen LogP contribution in [0.3, 0.4) is 0 Å². The summed E-state index contributed by atoms with van der Waals surface area (Å²) in [5.74, 6) is 0.708. The van der Waals surface area contributed by atoms with E-state index in [1.807, 2.05) is 0 Å². The molecule has 0 bridgehead atoms. The third kappa shape index (κ3) is 2.98. The second-order valence-electron chi connectivity index (χ2n) is 3.82. The van der Waals surface area contributed by atoms with Gasteiger partial charge in [0.15, 0.2) is 0 Å². The first-order chi connectivity index (χ1) is 5.84. The molecule has 1 fully saturated rings. The summed E-state index contributed by atoms with van der Waals surface area (Å²) in [6.07, 6.45) is 8.67. The second-order valence-corrected chi connectivity index (χ2v) is 3.82. The van der Waals surface area contributed by atoms with E-state index >= 15 is 0 Å². The largest absolute Gasteiger partial charge is 0.396 e. The zero-order valence-corrected chi connectivity index (χ0v) is 7.89. The molecule has 1 aliphatic rings. The minimum absolute atomic E-state index is 0.337. The molecule has 0 spiro atoms.